The number of hydrogen-bond donors (Lipinski definition) is 2. The smallest absolute Gasteiger partial charge is 0.387 e. The van der Waals surface area contributed by atoms with Crippen LogP contribution in [-0.2, 0) is 11.3 Å². The second-order valence-electron chi connectivity index (χ2n) is 4.46. The SMILES string of the molecule is COc1ccc(CNCCCCC(N)=O)cc1OC(F)F. The molecule has 0 fully saturated rings. The van der Waals surface area contributed by atoms with Crippen molar-refractivity contribution in [3.8, 4) is 11.5 Å². The summed E-state index contributed by atoms with van der Waals surface area (Å²) in [6.07, 6.45) is 1.92. The van der Waals surface area contributed by atoms with Gasteiger partial charge in [-0.05, 0) is 37.1 Å². The summed E-state index contributed by atoms with van der Waals surface area (Å²) < 4.78 is 34.0. The van der Waals surface area contributed by atoms with Gasteiger partial charge in [0.15, 0.2) is 11.5 Å². The fraction of sp³-hybridized carbons (Fsp3) is 0.500. The molecular formula is C14H20F2N2O3. The van der Waals surface area contributed by atoms with Crippen molar-refractivity contribution in [2.75, 3.05) is 13.7 Å². The number of halogens is 2. The summed E-state index contributed by atoms with van der Waals surface area (Å²) in [5.41, 5.74) is 5.84. The quantitative estimate of drug-likeness (QED) is 0.649. The topological polar surface area (TPSA) is 73.6 Å². The number of nitrogens with two attached hydrogens (primary N) is 1. The van der Waals surface area contributed by atoms with E-state index in [1.54, 1.807) is 12.1 Å². The van der Waals surface area contributed by atoms with Gasteiger partial charge in [0.25, 0.3) is 0 Å². The van der Waals surface area contributed by atoms with Gasteiger partial charge in [0.05, 0.1) is 7.11 Å². The van der Waals surface area contributed by atoms with Crippen LogP contribution >= 0.6 is 0 Å². The van der Waals surface area contributed by atoms with E-state index < -0.39 is 6.61 Å². The number of hydrogen-bond acceptors (Lipinski definition) is 4. The van der Waals surface area contributed by atoms with E-state index in [9.17, 15) is 13.6 Å². The highest BCUT2D eigenvalue weighted by molar-refractivity contribution is 5.73. The lowest BCUT2D eigenvalue weighted by Gasteiger charge is -2.12. The van der Waals surface area contributed by atoms with Gasteiger partial charge in [-0.25, -0.2) is 0 Å². The molecule has 1 amide bonds. The molecule has 1 rings (SSSR count). The molecule has 0 saturated carbocycles. The van der Waals surface area contributed by atoms with E-state index in [0.717, 1.165) is 18.4 Å². The lowest BCUT2D eigenvalue weighted by molar-refractivity contribution is -0.118. The van der Waals surface area contributed by atoms with Crippen molar-refractivity contribution in [1.29, 1.82) is 0 Å². The minimum atomic E-state index is -2.89. The van der Waals surface area contributed by atoms with Crippen LogP contribution in [0.3, 0.4) is 0 Å². The summed E-state index contributed by atoms with van der Waals surface area (Å²) in [4.78, 5) is 10.6. The first-order valence-electron chi connectivity index (χ1n) is 6.63. The second kappa shape index (κ2) is 9.12. The summed E-state index contributed by atoms with van der Waals surface area (Å²) >= 11 is 0. The number of methoxy groups -OCH3 is 1. The Morgan fingerprint density at radius 1 is 1.33 bits per heavy atom. The molecule has 0 radical (unpaired) electrons. The molecule has 5 nitrogen and oxygen atoms in total. The van der Waals surface area contributed by atoms with Crippen LogP contribution in [0.5, 0.6) is 11.5 Å². The normalized spacial score (nSPS) is 10.7. The molecular weight excluding hydrogens is 282 g/mol. The predicted molar refractivity (Wildman–Crippen MR) is 74.4 cm³/mol. The summed E-state index contributed by atoms with van der Waals surface area (Å²) in [6.45, 7) is -1.67. The van der Waals surface area contributed by atoms with Crippen LogP contribution in [0.1, 0.15) is 24.8 Å². The first-order chi connectivity index (χ1) is 10.0. The average Bonchev–Trinajstić information content (AvgIpc) is 2.42. The van der Waals surface area contributed by atoms with Crippen LogP contribution in [0.25, 0.3) is 0 Å². The number of carbonyl (C=O) groups excluding carboxylic acids is 1. The van der Waals surface area contributed by atoms with Gasteiger partial charge in [-0.3, -0.25) is 4.79 Å². The van der Waals surface area contributed by atoms with Crippen molar-refractivity contribution in [3.05, 3.63) is 23.8 Å². The summed E-state index contributed by atoms with van der Waals surface area (Å²) in [5, 5.41) is 3.16. The Labute approximate surface area is 122 Å². The van der Waals surface area contributed by atoms with E-state index in [1.807, 2.05) is 0 Å². The zero-order valence-electron chi connectivity index (χ0n) is 11.9. The van der Waals surface area contributed by atoms with E-state index in [4.69, 9.17) is 10.5 Å². The number of benzene rings is 1. The van der Waals surface area contributed by atoms with E-state index >= 15 is 0 Å². The van der Waals surface area contributed by atoms with E-state index in [-0.39, 0.29) is 17.4 Å². The van der Waals surface area contributed by atoms with Crippen LogP contribution < -0.4 is 20.5 Å². The van der Waals surface area contributed by atoms with Crippen LogP contribution in [0.15, 0.2) is 18.2 Å². The second-order valence-corrected chi connectivity index (χ2v) is 4.46. The minimum Gasteiger partial charge on any atom is -0.493 e. The standard InChI is InChI=1S/C14H20F2N2O3/c1-20-11-6-5-10(8-12(11)21-14(15)16)9-18-7-3-2-4-13(17)19/h5-6,8,14,18H,2-4,7,9H2,1H3,(H2,17,19). The molecule has 3 N–H and O–H groups in total. The van der Waals surface area contributed by atoms with Gasteiger partial charge in [0.1, 0.15) is 0 Å². The molecule has 7 heteroatoms. The van der Waals surface area contributed by atoms with Crippen LogP contribution in [0, 0.1) is 0 Å². The molecule has 0 saturated heterocycles. The van der Waals surface area contributed by atoms with Crippen molar-refractivity contribution >= 4 is 5.91 Å². The maximum atomic E-state index is 12.3. The summed E-state index contributed by atoms with van der Waals surface area (Å²) in [7, 11) is 1.39. The molecule has 0 aliphatic heterocycles. The van der Waals surface area contributed by atoms with Gasteiger partial charge in [0, 0.05) is 13.0 Å². The number of amides is 1. The van der Waals surface area contributed by atoms with Crippen LogP contribution in [-0.4, -0.2) is 26.2 Å². The van der Waals surface area contributed by atoms with E-state index in [1.165, 1.54) is 13.2 Å². The zero-order valence-corrected chi connectivity index (χ0v) is 11.9. The number of primary amides is 1. The zero-order chi connectivity index (χ0) is 15.7. The molecule has 1 aromatic carbocycles. The summed E-state index contributed by atoms with van der Waals surface area (Å²) in [6, 6.07) is 4.87. The maximum absolute atomic E-state index is 12.3. The van der Waals surface area contributed by atoms with Gasteiger partial charge in [-0.1, -0.05) is 6.07 Å². The van der Waals surface area contributed by atoms with E-state index in [0.29, 0.717) is 19.5 Å². The van der Waals surface area contributed by atoms with Crippen LogP contribution in [0.2, 0.25) is 0 Å². The summed E-state index contributed by atoms with van der Waals surface area (Å²) in [5.74, 6) is -0.0278. The molecule has 118 valence electrons. The molecule has 0 aromatic heterocycles. The molecule has 1 aromatic rings. The van der Waals surface area contributed by atoms with Crippen molar-refractivity contribution in [3.63, 3.8) is 0 Å². The molecule has 0 unspecified atom stereocenters. The lowest BCUT2D eigenvalue weighted by Crippen LogP contribution is -2.16. The lowest BCUT2D eigenvalue weighted by atomic mass is 10.2. The highest BCUT2D eigenvalue weighted by atomic mass is 19.3. The Bertz CT molecular complexity index is 456. The number of unbranched alkanes of at least 4 members (excludes halogenated alkanes) is 1. The average molecular weight is 302 g/mol. The van der Waals surface area contributed by atoms with Gasteiger partial charge in [-0.2, -0.15) is 8.78 Å². The molecule has 0 aliphatic carbocycles. The van der Waals surface area contributed by atoms with Crippen LogP contribution in [0.4, 0.5) is 8.78 Å². The van der Waals surface area contributed by atoms with Crippen molar-refractivity contribution in [2.45, 2.75) is 32.4 Å². The first kappa shape index (κ1) is 17.2. The van der Waals surface area contributed by atoms with Crippen molar-refractivity contribution < 1.29 is 23.0 Å². The Morgan fingerprint density at radius 3 is 2.71 bits per heavy atom. The first-order valence-corrected chi connectivity index (χ1v) is 6.63. The molecule has 0 aliphatic rings. The Hall–Kier alpha value is -1.89. The largest absolute Gasteiger partial charge is 0.493 e. The number of carbonyl (C=O) groups is 1. The molecule has 0 spiro atoms. The Kier molecular flexibility index (Phi) is 7.45. The van der Waals surface area contributed by atoms with Gasteiger partial charge in [0.2, 0.25) is 5.91 Å². The Balaban J connectivity index is 2.42. The highest BCUT2D eigenvalue weighted by Crippen LogP contribution is 2.29. The maximum Gasteiger partial charge on any atom is 0.387 e. The number of alkyl halides is 2. The van der Waals surface area contributed by atoms with Gasteiger partial charge in [-0.15, -0.1) is 0 Å². The third-order valence-electron chi connectivity index (χ3n) is 2.80. The monoisotopic (exact) mass is 302 g/mol. The van der Waals surface area contributed by atoms with Gasteiger partial charge >= 0.3 is 6.61 Å². The molecule has 0 heterocycles. The molecule has 0 atom stereocenters. The minimum absolute atomic E-state index is 0.0144. The predicted octanol–water partition coefficient (Wildman–Crippen LogP) is 2.04. The van der Waals surface area contributed by atoms with Crippen molar-refractivity contribution in [2.24, 2.45) is 5.73 Å². The highest BCUT2D eigenvalue weighted by Gasteiger charge is 2.11. The third-order valence-corrected chi connectivity index (χ3v) is 2.80. The fourth-order valence-corrected chi connectivity index (χ4v) is 1.80. The number of ether oxygens (including phenoxy) is 2. The molecule has 21 heavy (non-hydrogen) atoms. The van der Waals surface area contributed by atoms with E-state index in [2.05, 4.69) is 10.1 Å². The van der Waals surface area contributed by atoms with Gasteiger partial charge < -0.3 is 20.5 Å². The van der Waals surface area contributed by atoms with Crippen molar-refractivity contribution in [1.82, 2.24) is 5.32 Å². The fourth-order valence-electron chi connectivity index (χ4n) is 1.80. The Morgan fingerprint density at radius 2 is 2.10 bits per heavy atom. The third kappa shape index (κ3) is 6.89. The number of rotatable bonds is 10. The number of nitrogens with one attached hydrogen (secondary N) is 1. The molecule has 0 bridgehead atoms.